The molecule has 0 saturated carbocycles. The van der Waals surface area contributed by atoms with Crippen molar-refractivity contribution in [3.8, 4) is 11.4 Å². The molecule has 1 N–H and O–H groups in total. The molecule has 2 rings (SSSR count). The van der Waals surface area contributed by atoms with Crippen LogP contribution < -0.4 is 4.74 Å². The Morgan fingerprint density at radius 2 is 2.24 bits per heavy atom. The summed E-state index contributed by atoms with van der Waals surface area (Å²) >= 11 is 0. The van der Waals surface area contributed by atoms with Crippen LogP contribution in [-0.4, -0.2) is 22.0 Å². The molecule has 4 nitrogen and oxygen atoms in total. The summed E-state index contributed by atoms with van der Waals surface area (Å²) in [7, 11) is 1.64. The first kappa shape index (κ1) is 11.7. The Morgan fingerprint density at radius 1 is 1.41 bits per heavy atom. The van der Waals surface area contributed by atoms with E-state index >= 15 is 0 Å². The van der Waals surface area contributed by atoms with Crippen molar-refractivity contribution < 1.29 is 9.84 Å². The highest BCUT2D eigenvalue weighted by Gasteiger charge is 2.10. The van der Waals surface area contributed by atoms with E-state index < -0.39 is 0 Å². The molecule has 0 aliphatic rings. The Morgan fingerprint density at radius 3 is 2.88 bits per heavy atom. The number of methoxy groups -OCH3 is 1. The first-order chi connectivity index (χ1) is 8.30. The van der Waals surface area contributed by atoms with Crippen LogP contribution in [0, 0.1) is 0 Å². The molecule has 4 heteroatoms. The van der Waals surface area contributed by atoms with Crippen molar-refractivity contribution in [3.05, 3.63) is 41.7 Å². The largest absolute Gasteiger partial charge is 0.497 e. The van der Waals surface area contributed by atoms with E-state index in [9.17, 15) is 5.11 Å². The van der Waals surface area contributed by atoms with Crippen LogP contribution in [0.3, 0.4) is 0 Å². The molecule has 0 aliphatic heterocycles. The van der Waals surface area contributed by atoms with Gasteiger partial charge in [-0.2, -0.15) is 5.10 Å². The Hall–Kier alpha value is -1.81. The minimum atomic E-state index is 0.0210. The van der Waals surface area contributed by atoms with E-state index in [0.717, 1.165) is 29.1 Å². The van der Waals surface area contributed by atoms with Crippen molar-refractivity contribution in [2.24, 2.45) is 0 Å². The minimum absolute atomic E-state index is 0.0210. The molecule has 1 aromatic heterocycles. The van der Waals surface area contributed by atoms with Crippen molar-refractivity contribution in [1.29, 1.82) is 0 Å². The Labute approximate surface area is 100 Å². The van der Waals surface area contributed by atoms with E-state index in [1.807, 2.05) is 35.9 Å². The predicted molar refractivity (Wildman–Crippen MR) is 65.4 cm³/mol. The van der Waals surface area contributed by atoms with E-state index in [0.29, 0.717) is 0 Å². The van der Waals surface area contributed by atoms with Crippen molar-refractivity contribution in [2.75, 3.05) is 7.11 Å². The van der Waals surface area contributed by atoms with Crippen molar-refractivity contribution >= 4 is 0 Å². The molecule has 0 spiro atoms. The number of hydrogen-bond donors (Lipinski definition) is 1. The molecule has 1 aromatic carbocycles. The normalized spacial score (nSPS) is 10.5. The van der Waals surface area contributed by atoms with E-state index in [2.05, 4.69) is 5.10 Å². The maximum absolute atomic E-state index is 9.23. The van der Waals surface area contributed by atoms with Crippen LogP contribution >= 0.6 is 0 Å². The van der Waals surface area contributed by atoms with Gasteiger partial charge in [-0.25, -0.2) is 4.68 Å². The number of rotatable bonds is 4. The Kier molecular flexibility index (Phi) is 3.44. The van der Waals surface area contributed by atoms with Gasteiger partial charge in [-0.1, -0.05) is 13.0 Å². The molecular formula is C13H16N2O2. The lowest BCUT2D eigenvalue weighted by atomic mass is 10.2. The monoisotopic (exact) mass is 232 g/mol. The topological polar surface area (TPSA) is 47.3 Å². The van der Waals surface area contributed by atoms with Crippen LogP contribution in [-0.2, 0) is 13.0 Å². The standard InChI is InChI=1S/C13H16N2O2/c1-3-13-10(9-16)8-14-15(13)11-5-4-6-12(7-11)17-2/h4-8,16H,3,9H2,1-2H3. The zero-order valence-corrected chi connectivity index (χ0v) is 10.1. The number of aliphatic hydroxyl groups excluding tert-OH is 1. The third kappa shape index (κ3) is 2.17. The van der Waals surface area contributed by atoms with Crippen molar-refractivity contribution in [2.45, 2.75) is 20.0 Å². The van der Waals surface area contributed by atoms with Crippen LogP contribution in [0.5, 0.6) is 5.75 Å². The third-order valence-electron chi connectivity index (χ3n) is 2.76. The first-order valence-electron chi connectivity index (χ1n) is 5.61. The summed E-state index contributed by atoms with van der Waals surface area (Å²) in [6, 6.07) is 7.71. The highest BCUT2D eigenvalue weighted by Crippen LogP contribution is 2.19. The average Bonchev–Trinajstić information content (AvgIpc) is 2.81. The highest BCUT2D eigenvalue weighted by atomic mass is 16.5. The van der Waals surface area contributed by atoms with Crippen LogP contribution in [0.2, 0.25) is 0 Å². The summed E-state index contributed by atoms with van der Waals surface area (Å²) in [4.78, 5) is 0. The number of ether oxygens (including phenoxy) is 1. The minimum Gasteiger partial charge on any atom is -0.497 e. The average molecular weight is 232 g/mol. The number of hydrogen-bond acceptors (Lipinski definition) is 3. The fraction of sp³-hybridized carbons (Fsp3) is 0.308. The van der Waals surface area contributed by atoms with E-state index in [-0.39, 0.29) is 6.61 Å². The van der Waals surface area contributed by atoms with Gasteiger partial charge in [0, 0.05) is 17.3 Å². The van der Waals surface area contributed by atoms with Crippen LogP contribution in [0.25, 0.3) is 5.69 Å². The van der Waals surface area contributed by atoms with E-state index in [1.54, 1.807) is 13.3 Å². The molecule has 90 valence electrons. The molecule has 0 unspecified atom stereocenters. The highest BCUT2D eigenvalue weighted by molar-refractivity contribution is 5.40. The van der Waals surface area contributed by atoms with E-state index in [1.165, 1.54) is 0 Å². The molecular weight excluding hydrogens is 216 g/mol. The lowest BCUT2D eigenvalue weighted by Gasteiger charge is -2.08. The molecule has 0 fully saturated rings. The van der Waals surface area contributed by atoms with Crippen LogP contribution in [0.15, 0.2) is 30.5 Å². The number of nitrogens with zero attached hydrogens (tertiary/aromatic N) is 2. The smallest absolute Gasteiger partial charge is 0.121 e. The zero-order valence-electron chi connectivity index (χ0n) is 10.1. The number of aromatic nitrogens is 2. The lowest BCUT2D eigenvalue weighted by Crippen LogP contribution is -2.03. The fourth-order valence-corrected chi connectivity index (χ4v) is 1.88. The van der Waals surface area contributed by atoms with Gasteiger partial charge in [-0.05, 0) is 18.6 Å². The number of benzene rings is 1. The summed E-state index contributed by atoms with van der Waals surface area (Å²) in [6.45, 7) is 2.07. The molecule has 0 aliphatic carbocycles. The molecule has 1 heterocycles. The Balaban J connectivity index is 2.48. The zero-order chi connectivity index (χ0) is 12.3. The van der Waals surface area contributed by atoms with Gasteiger partial charge in [0.2, 0.25) is 0 Å². The van der Waals surface area contributed by atoms with Gasteiger partial charge < -0.3 is 9.84 Å². The van der Waals surface area contributed by atoms with Crippen molar-refractivity contribution in [1.82, 2.24) is 9.78 Å². The summed E-state index contributed by atoms with van der Waals surface area (Å²) in [5.41, 5.74) is 2.84. The van der Waals surface area contributed by atoms with Gasteiger partial charge in [0.25, 0.3) is 0 Å². The maximum atomic E-state index is 9.23. The lowest BCUT2D eigenvalue weighted by molar-refractivity contribution is 0.280. The molecule has 2 aromatic rings. The molecule has 0 saturated heterocycles. The maximum Gasteiger partial charge on any atom is 0.121 e. The van der Waals surface area contributed by atoms with Gasteiger partial charge in [0.15, 0.2) is 0 Å². The van der Waals surface area contributed by atoms with Gasteiger partial charge >= 0.3 is 0 Å². The number of aliphatic hydroxyl groups is 1. The van der Waals surface area contributed by atoms with Gasteiger partial charge in [-0.15, -0.1) is 0 Å². The van der Waals surface area contributed by atoms with Gasteiger partial charge in [-0.3, -0.25) is 0 Å². The SMILES string of the molecule is CCc1c(CO)cnn1-c1cccc(OC)c1. The third-order valence-corrected chi connectivity index (χ3v) is 2.76. The molecule has 17 heavy (non-hydrogen) atoms. The van der Waals surface area contributed by atoms with Crippen LogP contribution in [0.4, 0.5) is 0 Å². The van der Waals surface area contributed by atoms with E-state index in [4.69, 9.17) is 4.74 Å². The fourth-order valence-electron chi connectivity index (χ4n) is 1.88. The van der Waals surface area contributed by atoms with Gasteiger partial charge in [0.1, 0.15) is 5.75 Å². The second-order valence-electron chi connectivity index (χ2n) is 3.74. The molecule has 0 atom stereocenters. The second kappa shape index (κ2) is 5.01. The predicted octanol–water partition coefficient (Wildman–Crippen LogP) is 1.94. The Bertz CT molecular complexity index is 506. The summed E-state index contributed by atoms with van der Waals surface area (Å²) in [5.74, 6) is 0.797. The summed E-state index contributed by atoms with van der Waals surface area (Å²) in [5, 5.41) is 13.5. The van der Waals surface area contributed by atoms with Gasteiger partial charge in [0.05, 0.1) is 25.6 Å². The van der Waals surface area contributed by atoms with Crippen molar-refractivity contribution in [3.63, 3.8) is 0 Å². The van der Waals surface area contributed by atoms with Crippen LogP contribution in [0.1, 0.15) is 18.2 Å². The summed E-state index contributed by atoms with van der Waals surface area (Å²) in [6.07, 6.45) is 2.53. The molecule has 0 bridgehead atoms. The summed E-state index contributed by atoms with van der Waals surface area (Å²) < 4.78 is 7.03. The molecule has 0 amide bonds. The second-order valence-corrected chi connectivity index (χ2v) is 3.74. The first-order valence-corrected chi connectivity index (χ1v) is 5.61. The molecule has 0 radical (unpaired) electrons. The quantitative estimate of drug-likeness (QED) is 0.876.